The fraction of sp³-hybridized carbons (Fsp3) is 0.625. The van der Waals surface area contributed by atoms with Crippen molar-refractivity contribution in [1.29, 1.82) is 0 Å². The van der Waals surface area contributed by atoms with Crippen LogP contribution in [-0.4, -0.2) is 6.36 Å². The van der Waals surface area contributed by atoms with E-state index in [1.54, 1.807) is 6.07 Å². The number of halogens is 3. The summed E-state index contributed by atoms with van der Waals surface area (Å²) in [4.78, 5) is 0. The summed E-state index contributed by atoms with van der Waals surface area (Å²) in [6.45, 7) is 0. The number of alkyl halides is 3. The predicted molar refractivity (Wildman–Crippen MR) is 73.7 cm³/mol. The lowest BCUT2D eigenvalue weighted by molar-refractivity contribution is -0.274. The van der Waals surface area contributed by atoms with Crippen LogP contribution in [0.25, 0.3) is 0 Å². The Morgan fingerprint density at radius 1 is 1.14 bits per heavy atom. The van der Waals surface area contributed by atoms with Crippen LogP contribution in [0.3, 0.4) is 0 Å². The zero-order valence-electron chi connectivity index (χ0n) is 11.8. The molecule has 0 heterocycles. The number of hydrogen-bond acceptors (Lipinski definition) is 2. The second-order valence-electron chi connectivity index (χ2n) is 6.43. The molecule has 0 saturated heterocycles. The molecule has 2 atom stereocenters. The highest BCUT2D eigenvalue weighted by molar-refractivity contribution is 5.34. The smallest absolute Gasteiger partial charge is 0.406 e. The van der Waals surface area contributed by atoms with Crippen LogP contribution in [0.5, 0.6) is 5.75 Å². The minimum atomic E-state index is -4.66. The first-order valence-corrected chi connectivity index (χ1v) is 7.51. The topological polar surface area (TPSA) is 35.2 Å². The van der Waals surface area contributed by atoms with Crippen LogP contribution in [0.2, 0.25) is 0 Å². The molecule has 2 nitrogen and oxygen atoms in total. The van der Waals surface area contributed by atoms with Crippen LogP contribution in [-0.2, 0) is 5.54 Å². The SMILES string of the molecule is NC1(c2cccc(OC(F)(F)F)c2)CCCC(C2CC2)C1. The molecule has 5 heteroatoms. The Hall–Kier alpha value is -1.23. The van der Waals surface area contributed by atoms with Crippen LogP contribution in [0.4, 0.5) is 13.2 Å². The van der Waals surface area contributed by atoms with Crippen LogP contribution in [0.1, 0.15) is 44.1 Å². The molecule has 2 aliphatic rings. The lowest BCUT2D eigenvalue weighted by Gasteiger charge is -2.39. The van der Waals surface area contributed by atoms with E-state index in [2.05, 4.69) is 4.74 Å². The second kappa shape index (κ2) is 5.20. The van der Waals surface area contributed by atoms with Gasteiger partial charge in [0.05, 0.1) is 0 Å². The van der Waals surface area contributed by atoms with Gasteiger partial charge in [-0.2, -0.15) is 0 Å². The maximum Gasteiger partial charge on any atom is 0.573 e. The van der Waals surface area contributed by atoms with E-state index in [4.69, 9.17) is 5.73 Å². The Labute approximate surface area is 122 Å². The molecule has 0 bridgehead atoms. The van der Waals surface area contributed by atoms with Gasteiger partial charge in [0.15, 0.2) is 0 Å². The van der Waals surface area contributed by atoms with Crippen molar-refractivity contribution in [3.05, 3.63) is 29.8 Å². The molecule has 0 radical (unpaired) electrons. The molecule has 1 aromatic rings. The highest BCUT2D eigenvalue weighted by Gasteiger charge is 2.41. The molecule has 116 valence electrons. The Morgan fingerprint density at radius 2 is 1.90 bits per heavy atom. The summed E-state index contributed by atoms with van der Waals surface area (Å²) in [6.07, 6.45) is 1.82. The molecule has 0 spiro atoms. The van der Waals surface area contributed by atoms with Crippen molar-refractivity contribution in [1.82, 2.24) is 0 Å². The number of benzene rings is 1. The van der Waals surface area contributed by atoms with E-state index < -0.39 is 11.9 Å². The normalized spacial score (nSPS) is 30.2. The van der Waals surface area contributed by atoms with Gasteiger partial charge in [0.1, 0.15) is 5.75 Å². The molecule has 0 amide bonds. The monoisotopic (exact) mass is 299 g/mol. The van der Waals surface area contributed by atoms with Gasteiger partial charge in [-0.15, -0.1) is 13.2 Å². The van der Waals surface area contributed by atoms with E-state index in [1.165, 1.54) is 31.4 Å². The van der Waals surface area contributed by atoms with Gasteiger partial charge in [0.2, 0.25) is 0 Å². The van der Waals surface area contributed by atoms with Crippen molar-refractivity contribution >= 4 is 0 Å². The van der Waals surface area contributed by atoms with Gasteiger partial charge in [-0.1, -0.05) is 25.0 Å². The van der Waals surface area contributed by atoms with Gasteiger partial charge in [-0.3, -0.25) is 0 Å². The van der Waals surface area contributed by atoms with Gasteiger partial charge in [0.25, 0.3) is 0 Å². The van der Waals surface area contributed by atoms with E-state index in [1.807, 2.05) is 6.07 Å². The van der Waals surface area contributed by atoms with Crippen molar-refractivity contribution in [3.8, 4) is 5.75 Å². The van der Waals surface area contributed by atoms with Crippen LogP contribution in [0.15, 0.2) is 24.3 Å². The number of hydrogen-bond donors (Lipinski definition) is 1. The average Bonchev–Trinajstić information content (AvgIpc) is 3.21. The zero-order valence-corrected chi connectivity index (χ0v) is 11.8. The van der Waals surface area contributed by atoms with Crippen molar-refractivity contribution < 1.29 is 17.9 Å². The number of rotatable bonds is 3. The Balaban J connectivity index is 1.79. The lowest BCUT2D eigenvalue weighted by Crippen LogP contribution is -2.42. The molecular weight excluding hydrogens is 279 g/mol. The summed E-state index contributed by atoms with van der Waals surface area (Å²) in [6, 6.07) is 6.18. The van der Waals surface area contributed by atoms with E-state index >= 15 is 0 Å². The third kappa shape index (κ3) is 3.51. The minimum absolute atomic E-state index is 0.182. The fourth-order valence-electron chi connectivity index (χ4n) is 3.59. The van der Waals surface area contributed by atoms with Gasteiger partial charge in [-0.25, -0.2) is 0 Å². The molecule has 2 saturated carbocycles. The summed E-state index contributed by atoms with van der Waals surface area (Å²) >= 11 is 0. The summed E-state index contributed by atoms with van der Waals surface area (Å²) in [5.41, 5.74) is 6.77. The van der Waals surface area contributed by atoms with E-state index in [9.17, 15) is 13.2 Å². The van der Waals surface area contributed by atoms with E-state index in [-0.39, 0.29) is 5.75 Å². The molecule has 3 rings (SSSR count). The Kier molecular flexibility index (Phi) is 3.64. The maximum atomic E-state index is 12.3. The third-order valence-corrected chi connectivity index (χ3v) is 4.76. The van der Waals surface area contributed by atoms with Gasteiger partial charge >= 0.3 is 6.36 Å². The predicted octanol–water partition coefficient (Wildman–Crippen LogP) is 4.34. The summed E-state index contributed by atoms with van der Waals surface area (Å²) in [5.74, 6) is 1.22. The Bertz CT molecular complexity index is 512. The molecule has 2 fully saturated rings. The molecule has 2 unspecified atom stereocenters. The summed E-state index contributed by atoms with van der Waals surface area (Å²) in [5, 5.41) is 0. The van der Waals surface area contributed by atoms with Crippen molar-refractivity contribution in [2.75, 3.05) is 0 Å². The quantitative estimate of drug-likeness (QED) is 0.901. The van der Waals surface area contributed by atoms with Crippen molar-refractivity contribution in [2.45, 2.75) is 50.4 Å². The lowest BCUT2D eigenvalue weighted by atomic mass is 9.71. The molecule has 2 N–H and O–H groups in total. The summed E-state index contributed by atoms with van der Waals surface area (Å²) in [7, 11) is 0. The summed E-state index contributed by atoms with van der Waals surface area (Å²) < 4.78 is 41.0. The fourth-order valence-corrected chi connectivity index (χ4v) is 3.59. The Morgan fingerprint density at radius 3 is 2.57 bits per heavy atom. The number of nitrogens with two attached hydrogens (primary N) is 1. The first-order chi connectivity index (χ1) is 9.86. The highest BCUT2D eigenvalue weighted by Crippen LogP contribution is 2.48. The van der Waals surface area contributed by atoms with E-state index in [0.717, 1.165) is 30.7 Å². The van der Waals surface area contributed by atoms with Crippen LogP contribution >= 0.6 is 0 Å². The van der Waals surface area contributed by atoms with Crippen LogP contribution in [0, 0.1) is 11.8 Å². The molecule has 2 aliphatic carbocycles. The zero-order chi connectivity index (χ0) is 15.1. The average molecular weight is 299 g/mol. The molecule has 21 heavy (non-hydrogen) atoms. The van der Waals surface area contributed by atoms with Crippen molar-refractivity contribution in [2.24, 2.45) is 17.6 Å². The van der Waals surface area contributed by atoms with Crippen molar-refractivity contribution in [3.63, 3.8) is 0 Å². The second-order valence-corrected chi connectivity index (χ2v) is 6.43. The standard InChI is InChI=1S/C16H20F3NO/c17-16(18,19)21-14-5-1-4-13(9-14)15(20)8-2-3-12(10-15)11-6-7-11/h1,4-5,9,11-12H,2-3,6-8,10,20H2. The van der Waals surface area contributed by atoms with Gasteiger partial charge < -0.3 is 10.5 Å². The molecule has 0 aromatic heterocycles. The van der Waals surface area contributed by atoms with Gasteiger partial charge in [-0.05, 0) is 55.2 Å². The third-order valence-electron chi connectivity index (χ3n) is 4.76. The van der Waals surface area contributed by atoms with E-state index in [0.29, 0.717) is 5.92 Å². The van der Waals surface area contributed by atoms with Gasteiger partial charge in [0, 0.05) is 5.54 Å². The molecular formula is C16H20F3NO. The largest absolute Gasteiger partial charge is 0.573 e. The van der Waals surface area contributed by atoms with Crippen LogP contribution < -0.4 is 10.5 Å². The maximum absolute atomic E-state index is 12.3. The molecule has 0 aliphatic heterocycles. The minimum Gasteiger partial charge on any atom is -0.406 e. The first kappa shape index (κ1) is 14.7. The highest BCUT2D eigenvalue weighted by atomic mass is 19.4. The number of ether oxygens (including phenoxy) is 1. The molecule has 1 aromatic carbocycles. The first-order valence-electron chi connectivity index (χ1n) is 7.51.